The third-order valence-electron chi connectivity index (χ3n) is 2.59. The summed E-state index contributed by atoms with van der Waals surface area (Å²) in [4.78, 5) is 27.0. The Hall–Kier alpha value is -2.50. The summed E-state index contributed by atoms with van der Waals surface area (Å²) in [5, 5.41) is 0.277. The number of ether oxygens (including phenoxy) is 2. The fraction of sp³-hybridized carbons (Fsp3) is 0.154. The van der Waals surface area contributed by atoms with Crippen LogP contribution in [0.1, 0.15) is 20.8 Å². The maximum Gasteiger partial charge on any atom is 0.356 e. The molecule has 0 aliphatic rings. The first kappa shape index (κ1) is 12.9. The van der Waals surface area contributed by atoms with Crippen LogP contribution in [0.4, 0.5) is 4.39 Å². The Balaban J connectivity index is 2.80. The maximum absolute atomic E-state index is 13.7. The molecule has 0 saturated carbocycles. The lowest BCUT2D eigenvalue weighted by Crippen LogP contribution is -2.10. The average Bonchev–Trinajstić information content (AvgIpc) is 2.45. The summed E-state index contributed by atoms with van der Waals surface area (Å²) in [6.45, 7) is 0. The van der Waals surface area contributed by atoms with Gasteiger partial charge in [0.15, 0.2) is 0 Å². The number of hydrogen-bond acceptors (Lipinski definition) is 5. The van der Waals surface area contributed by atoms with Gasteiger partial charge in [0, 0.05) is 5.39 Å². The number of halogens is 1. The van der Waals surface area contributed by atoms with E-state index in [1.165, 1.54) is 38.5 Å². The van der Waals surface area contributed by atoms with Gasteiger partial charge >= 0.3 is 11.9 Å². The molecule has 0 radical (unpaired) electrons. The lowest BCUT2D eigenvalue weighted by molar-refractivity contribution is 0.0594. The van der Waals surface area contributed by atoms with Crippen LogP contribution in [-0.4, -0.2) is 31.1 Å². The summed E-state index contributed by atoms with van der Waals surface area (Å²) >= 11 is 0. The van der Waals surface area contributed by atoms with Gasteiger partial charge in [-0.25, -0.2) is 19.0 Å². The van der Waals surface area contributed by atoms with E-state index in [4.69, 9.17) is 0 Å². The number of pyridine rings is 1. The predicted octanol–water partition coefficient (Wildman–Crippen LogP) is 1.95. The van der Waals surface area contributed by atoms with Crippen LogP contribution < -0.4 is 0 Å². The van der Waals surface area contributed by atoms with E-state index in [0.717, 1.165) is 0 Å². The zero-order valence-electron chi connectivity index (χ0n) is 10.3. The smallest absolute Gasteiger partial charge is 0.356 e. The van der Waals surface area contributed by atoms with E-state index in [2.05, 4.69) is 14.5 Å². The van der Waals surface area contributed by atoms with Crippen LogP contribution in [0.2, 0.25) is 0 Å². The molecule has 1 aromatic heterocycles. The average molecular weight is 263 g/mol. The Morgan fingerprint density at radius 2 is 1.84 bits per heavy atom. The Labute approximate surface area is 108 Å². The number of methoxy groups -OCH3 is 2. The minimum atomic E-state index is -0.754. The molecule has 0 atom stereocenters. The number of rotatable bonds is 2. The number of carbonyl (C=O) groups excluding carboxylic acids is 2. The van der Waals surface area contributed by atoms with Crippen LogP contribution in [-0.2, 0) is 9.47 Å². The van der Waals surface area contributed by atoms with Crippen molar-refractivity contribution in [1.29, 1.82) is 0 Å². The third-order valence-corrected chi connectivity index (χ3v) is 2.59. The van der Waals surface area contributed by atoms with E-state index in [0.29, 0.717) is 0 Å². The molecule has 0 N–H and O–H groups in total. The number of hydrogen-bond donors (Lipinski definition) is 0. The normalized spacial score (nSPS) is 10.3. The second-order valence-electron chi connectivity index (χ2n) is 3.67. The van der Waals surface area contributed by atoms with Crippen LogP contribution in [0.5, 0.6) is 0 Å². The second-order valence-corrected chi connectivity index (χ2v) is 3.67. The fourth-order valence-electron chi connectivity index (χ4n) is 1.70. The number of para-hydroxylation sites is 1. The van der Waals surface area contributed by atoms with Crippen molar-refractivity contribution < 1.29 is 23.5 Å². The molecule has 1 aromatic carbocycles. The molecule has 1 heterocycles. The van der Waals surface area contributed by atoms with Crippen molar-refractivity contribution in [2.24, 2.45) is 0 Å². The molecule has 0 amide bonds. The van der Waals surface area contributed by atoms with Crippen LogP contribution in [0, 0.1) is 5.82 Å². The van der Waals surface area contributed by atoms with Crippen LogP contribution >= 0.6 is 0 Å². The topological polar surface area (TPSA) is 65.5 Å². The standard InChI is InChI=1S/C13H10FNO4/c1-18-12(16)8-6-10(13(17)19-2)15-11-7(8)4-3-5-9(11)14/h3-6H,1-2H3. The first-order valence-corrected chi connectivity index (χ1v) is 5.34. The van der Waals surface area contributed by atoms with E-state index < -0.39 is 17.8 Å². The molecule has 2 aromatic rings. The Morgan fingerprint density at radius 1 is 1.16 bits per heavy atom. The number of nitrogens with zero attached hydrogens (tertiary/aromatic N) is 1. The molecule has 5 nitrogen and oxygen atoms in total. The van der Waals surface area contributed by atoms with Gasteiger partial charge in [0.2, 0.25) is 0 Å². The molecule has 0 aliphatic heterocycles. The number of carbonyl (C=O) groups is 2. The van der Waals surface area contributed by atoms with Gasteiger partial charge in [-0.2, -0.15) is 0 Å². The van der Waals surface area contributed by atoms with Crippen molar-refractivity contribution >= 4 is 22.8 Å². The van der Waals surface area contributed by atoms with Crippen molar-refractivity contribution in [2.75, 3.05) is 14.2 Å². The van der Waals surface area contributed by atoms with Gasteiger partial charge in [-0.3, -0.25) is 0 Å². The molecular formula is C13H10FNO4. The van der Waals surface area contributed by atoms with Gasteiger partial charge in [0.25, 0.3) is 0 Å². The quantitative estimate of drug-likeness (QED) is 0.775. The van der Waals surface area contributed by atoms with Crippen molar-refractivity contribution in [3.05, 3.63) is 41.3 Å². The highest BCUT2D eigenvalue weighted by Crippen LogP contribution is 2.22. The monoisotopic (exact) mass is 263 g/mol. The fourth-order valence-corrected chi connectivity index (χ4v) is 1.70. The second kappa shape index (κ2) is 5.01. The number of aromatic nitrogens is 1. The van der Waals surface area contributed by atoms with Gasteiger partial charge in [-0.1, -0.05) is 12.1 Å². The highest BCUT2D eigenvalue weighted by molar-refractivity contribution is 6.05. The molecule has 0 fully saturated rings. The third kappa shape index (κ3) is 2.24. The lowest BCUT2D eigenvalue weighted by Gasteiger charge is -2.07. The zero-order valence-corrected chi connectivity index (χ0v) is 10.3. The van der Waals surface area contributed by atoms with Gasteiger partial charge in [0.1, 0.15) is 17.0 Å². The van der Waals surface area contributed by atoms with Gasteiger partial charge in [-0.05, 0) is 12.1 Å². The molecule has 98 valence electrons. The Kier molecular flexibility index (Phi) is 3.41. The number of fused-ring (bicyclic) bond motifs is 1. The van der Waals surface area contributed by atoms with Gasteiger partial charge in [-0.15, -0.1) is 0 Å². The highest BCUT2D eigenvalue weighted by Gasteiger charge is 2.18. The molecule has 0 unspecified atom stereocenters. The van der Waals surface area contributed by atoms with Crippen molar-refractivity contribution in [3.63, 3.8) is 0 Å². The summed E-state index contributed by atoms with van der Waals surface area (Å²) in [5.41, 5.74) is -0.168. The lowest BCUT2D eigenvalue weighted by atomic mass is 10.1. The van der Waals surface area contributed by atoms with Gasteiger partial charge < -0.3 is 9.47 Å². The number of esters is 2. The maximum atomic E-state index is 13.7. The van der Waals surface area contributed by atoms with Crippen molar-refractivity contribution in [3.8, 4) is 0 Å². The summed E-state index contributed by atoms with van der Waals surface area (Å²) in [5.74, 6) is -2.06. The minimum absolute atomic E-state index is 0.0624. The van der Waals surface area contributed by atoms with Gasteiger partial charge in [0.05, 0.1) is 19.8 Å². The van der Waals surface area contributed by atoms with Crippen LogP contribution in [0.15, 0.2) is 24.3 Å². The first-order valence-electron chi connectivity index (χ1n) is 5.34. The molecule has 6 heteroatoms. The van der Waals surface area contributed by atoms with E-state index >= 15 is 0 Å². The summed E-state index contributed by atoms with van der Waals surface area (Å²) in [7, 11) is 2.37. The molecule has 2 rings (SSSR count). The van der Waals surface area contributed by atoms with E-state index in [1.807, 2.05) is 0 Å². The predicted molar refractivity (Wildman–Crippen MR) is 64.4 cm³/mol. The number of benzene rings is 1. The first-order chi connectivity index (χ1) is 9.08. The van der Waals surface area contributed by atoms with Crippen LogP contribution in [0.25, 0.3) is 10.9 Å². The molecule has 0 aliphatic carbocycles. The van der Waals surface area contributed by atoms with Crippen LogP contribution in [0.3, 0.4) is 0 Å². The zero-order chi connectivity index (χ0) is 14.0. The highest BCUT2D eigenvalue weighted by atomic mass is 19.1. The minimum Gasteiger partial charge on any atom is -0.465 e. The summed E-state index contributed by atoms with van der Waals surface area (Å²) in [6.07, 6.45) is 0. The molecule has 0 spiro atoms. The molecular weight excluding hydrogens is 253 g/mol. The van der Waals surface area contributed by atoms with Crippen molar-refractivity contribution in [1.82, 2.24) is 4.98 Å². The Morgan fingerprint density at radius 3 is 2.47 bits per heavy atom. The summed E-state index contributed by atoms with van der Waals surface area (Å²) in [6, 6.07) is 5.39. The molecule has 19 heavy (non-hydrogen) atoms. The van der Waals surface area contributed by atoms with E-state index in [9.17, 15) is 14.0 Å². The van der Waals surface area contributed by atoms with E-state index in [1.54, 1.807) is 0 Å². The SMILES string of the molecule is COC(=O)c1cc(C(=O)OC)c2cccc(F)c2n1. The molecule has 0 bridgehead atoms. The van der Waals surface area contributed by atoms with Crippen molar-refractivity contribution in [2.45, 2.75) is 0 Å². The summed E-state index contributed by atoms with van der Waals surface area (Å²) < 4.78 is 22.8. The largest absolute Gasteiger partial charge is 0.465 e. The van der Waals surface area contributed by atoms with E-state index in [-0.39, 0.29) is 22.2 Å². The Bertz CT molecular complexity index is 669. The molecule has 0 saturated heterocycles.